The van der Waals surface area contributed by atoms with Crippen molar-refractivity contribution >= 4 is 11.6 Å². The fourth-order valence-corrected chi connectivity index (χ4v) is 2.58. The van der Waals surface area contributed by atoms with Gasteiger partial charge in [-0.05, 0) is 37.5 Å². The maximum absolute atomic E-state index is 6.59. The van der Waals surface area contributed by atoms with E-state index in [1.54, 1.807) is 7.11 Å². The molecule has 0 aliphatic rings. The van der Waals surface area contributed by atoms with Gasteiger partial charge in [0.15, 0.2) is 0 Å². The zero-order valence-electron chi connectivity index (χ0n) is 11.6. The van der Waals surface area contributed by atoms with Crippen LogP contribution < -0.4 is 4.74 Å². The molecule has 0 saturated carbocycles. The summed E-state index contributed by atoms with van der Waals surface area (Å²) in [7, 11) is 1.69. The van der Waals surface area contributed by atoms with Crippen LogP contribution in [0.3, 0.4) is 0 Å². The van der Waals surface area contributed by atoms with Crippen LogP contribution in [0.5, 0.6) is 5.75 Å². The molecule has 0 fully saturated rings. The first-order chi connectivity index (χ1) is 9.11. The first-order valence-corrected chi connectivity index (χ1v) is 6.88. The van der Waals surface area contributed by atoms with Crippen molar-refractivity contribution in [1.82, 2.24) is 0 Å². The predicted molar refractivity (Wildman–Crippen MR) is 81.2 cm³/mol. The molecule has 0 aromatic heterocycles. The maximum Gasteiger partial charge on any atom is 0.123 e. The Balaban J connectivity index is 2.27. The van der Waals surface area contributed by atoms with Crippen molar-refractivity contribution in [2.24, 2.45) is 0 Å². The molecule has 0 bridgehead atoms. The van der Waals surface area contributed by atoms with Gasteiger partial charge in [0.2, 0.25) is 0 Å². The minimum atomic E-state index is -0.0732. The summed E-state index contributed by atoms with van der Waals surface area (Å²) in [5.74, 6) is 0.860. The summed E-state index contributed by atoms with van der Waals surface area (Å²) in [6, 6.07) is 14.5. The minimum absolute atomic E-state index is 0.0732. The van der Waals surface area contributed by atoms with E-state index in [1.807, 2.05) is 12.1 Å². The van der Waals surface area contributed by atoms with Crippen LogP contribution in [0.1, 0.15) is 27.6 Å². The number of alkyl halides is 1. The highest BCUT2D eigenvalue weighted by Crippen LogP contribution is 2.33. The second-order valence-electron chi connectivity index (χ2n) is 4.84. The topological polar surface area (TPSA) is 9.23 Å². The van der Waals surface area contributed by atoms with Gasteiger partial charge in [-0.15, -0.1) is 11.6 Å². The van der Waals surface area contributed by atoms with Gasteiger partial charge in [0, 0.05) is 5.56 Å². The lowest BCUT2D eigenvalue weighted by molar-refractivity contribution is 0.409. The predicted octanol–water partition coefficient (Wildman–Crippen LogP) is 4.83. The summed E-state index contributed by atoms with van der Waals surface area (Å²) in [5, 5.41) is -0.0732. The van der Waals surface area contributed by atoms with Crippen LogP contribution in [0.25, 0.3) is 0 Å². The first-order valence-electron chi connectivity index (χ1n) is 6.45. The average Bonchev–Trinajstić information content (AvgIpc) is 2.41. The molecule has 0 saturated heterocycles. The molecule has 2 aromatic rings. The summed E-state index contributed by atoms with van der Waals surface area (Å²) < 4.78 is 5.40. The Morgan fingerprint density at radius 3 is 2.53 bits per heavy atom. The third-order valence-electron chi connectivity index (χ3n) is 3.38. The molecule has 1 nitrogen and oxygen atoms in total. The van der Waals surface area contributed by atoms with E-state index in [0.717, 1.165) is 17.7 Å². The van der Waals surface area contributed by atoms with Crippen LogP contribution in [0.4, 0.5) is 0 Å². The van der Waals surface area contributed by atoms with Crippen molar-refractivity contribution in [1.29, 1.82) is 0 Å². The molecule has 0 radical (unpaired) electrons. The van der Waals surface area contributed by atoms with Crippen molar-refractivity contribution < 1.29 is 4.74 Å². The number of aryl methyl sites for hydroxylation is 2. The third-order valence-corrected chi connectivity index (χ3v) is 3.77. The molecule has 2 heteroatoms. The van der Waals surface area contributed by atoms with Gasteiger partial charge in [-0.25, -0.2) is 0 Å². The minimum Gasteiger partial charge on any atom is -0.496 e. The normalized spacial score (nSPS) is 12.2. The number of halogens is 1. The molecule has 100 valence electrons. The van der Waals surface area contributed by atoms with Crippen LogP contribution >= 0.6 is 11.6 Å². The monoisotopic (exact) mass is 274 g/mol. The molecule has 0 aliphatic heterocycles. The Morgan fingerprint density at radius 2 is 1.84 bits per heavy atom. The number of methoxy groups -OCH3 is 1. The highest BCUT2D eigenvalue weighted by molar-refractivity contribution is 6.21. The summed E-state index contributed by atoms with van der Waals surface area (Å²) in [6.45, 7) is 4.19. The van der Waals surface area contributed by atoms with Crippen LogP contribution in [0.15, 0.2) is 42.5 Å². The van der Waals surface area contributed by atoms with Gasteiger partial charge in [0.05, 0.1) is 12.5 Å². The van der Waals surface area contributed by atoms with Crippen LogP contribution in [0.2, 0.25) is 0 Å². The molecular formula is C17H19ClO. The van der Waals surface area contributed by atoms with Crippen LogP contribution in [-0.4, -0.2) is 7.11 Å². The molecule has 2 rings (SSSR count). The Bertz CT molecular complexity index is 563. The smallest absolute Gasteiger partial charge is 0.123 e. The largest absolute Gasteiger partial charge is 0.496 e. The summed E-state index contributed by atoms with van der Waals surface area (Å²) >= 11 is 6.59. The fraction of sp³-hybridized carbons (Fsp3) is 0.294. The van der Waals surface area contributed by atoms with E-state index in [9.17, 15) is 0 Å². The van der Waals surface area contributed by atoms with Gasteiger partial charge in [0.1, 0.15) is 5.75 Å². The van der Waals surface area contributed by atoms with E-state index in [0.29, 0.717) is 0 Å². The standard InChI is InChI=1S/C17H19ClO/c1-12-8-9-17(19-3)15(10-12)16(18)11-14-7-5-4-6-13(14)2/h4-10,16H,11H2,1-3H3. The molecule has 0 heterocycles. The van der Waals surface area contributed by atoms with E-state index >= 15 is 0 Å². The SMILES string of the molecule is COc1ccc(C)cc1C(Cl)Cc1ccccc1C. The van der Waals surface area contributed by atoms with Crippen molar-refractivity contribution in [3.05, 3.63) is 64.7 Å². The molecule has 1 atom stereocenters. The van der Waals surface area contributed by atoms with Crippen molar-refractivity contribution in [3.63, 3.8) is 0 Å². The third kappa shape index (κ3) is 3.30. The molecule has 2 aromatic carbocycles. The lowest BCUT2D eigenvalue weighted by atomic mass is 9.98. The number of benzene rings is 2. The van der Waals surface area contributed by atoms with E-state index in [2.05, 4.69) is 44.2 Å². The first kappa shape index (κ1) is 14.0. The van der Waals surface area contributed by atoms with Gasteiger partial charge in [-0.2, -0.15) is 0 Å². The molecule has 0 N–H and O–H groups in total. The highest BCUT2D eigenvalue weighted by Gasteiger charge is 2.15. The van der Waals surface area contributed by atoms with Gasteiger partial charge >= 0.3 is 0 Å². The Labute approximate surface area is 120 Å². The van der Waals surface area contributed by atoms with E-state index in [1.165, 1.54) is 16.7 Å². The van der Waals surface area contributed by atoms with Gasteiger partial charge in [-0.1, -0.05) is 42.0 Å². The van der Waals surface area contributed by atoms with Crippen molar-refractivity contribution in [2.75, 3.05) is 7.11 Å². The van der Waals surface area contributed by atoms with Crippen LogP contribution in [0, 0.1) is 13.8 Å². The number of ether oxygens (including phenoxy) is 1. The van der Waals surface area contributed by atoms with Gasteiger partial charge in [0.25, 0.3) is 0 Å². The van der Waals surface area contributed by atoms with E-state index in [4.69, 9.17) is 16.3 Å². The molecule has 0 aliphatic carbocycles. The number of hydrogen-bond acceptors (Lipinski definition) is 1. The quantitative estimate of drug-likeness (QED) is 0.725. The second kappa shape index (κ2) is 6.12. The summed E-state index contributed by atoms with van der Waals surface area (Å²) in [5.41, 5.74) is 4.82. The Morgan fingerprint density at radius 1 is 1.11 bits per heavy atom. The lowest BCUT2D eigenvalue weighted by Gasteiger charge is -2.16. The number of rotatable bonds is 4. The highest BCUT2D eigenvalue weighted by atomic mass is 35.5. The summed E-state index contributed by atoms with van der Waals surface area (Å²) in [4.78, 5) is 0. The van der Waals surface area contributed by atoms with Crippen molar-refractivity contribution in [2.45, 2.75) is 25.6 Å². The molecular weight excluding hydrogens is 256 g/mol. The van der Waals surface area contributed by atoms with Gasteiger partial charge < -0.3 is 4.74 Å². The van der Waals surface area contributed by atoms with Crippen molar-refractivity contribution in [3.8, 4) is 5.75 Å². The molecule has 19 heavy (non-hydrogen) atoms. The van der Waals surface area contributed by atoms with Gasteiger partial charge in [-0.3, -0.25) is 0 Å². The Hall–Kier alpha value is -1.47. The van der Waals surface area contributed by atoms with E-state index in [-0.39, 0.29) is 5.38 Å². The zero-order valence-corrected chi connectivity index (χ0v) is 12.4. The second-order valence-corrected chi connectivity index (χ2v) is 5.37. The fourth-order valence-electron chi connectivity index (χ4n) is 2.24. The number of hydrogen-bond donors (Lipinski definition) is 0. The molecule has 1 unspecified atom stereocenters. The zero-order chi connectivity index (χ0) is 13.8. The lowest BCUT2D eigenvalue weighted by Crippen LogP contribution is -2.01. The summed E-state index contributed by atoms with van der Waals surface area (Å²) in [6.07, 6.45) is 0.814. The molecule has 0 amide bonds. The van der Waals surface area contributed by atoms with Crippen LogP contribution in [-0.2, 0) is 6.42 Å². The van der Waals surface area contributed by atoms with E-state index < -0.39 is 0 Å². The Kier molecular flexibility index (Phi) is 4.49. The average molecular weight is 275 g/mol. The maximum atomic E-state index is 6.59. The molecule has 0 spiro atoms.